The summed E-state index contributed by atoms with van der Waals surface area (Å²) in [6.45, 7) is 2.55. The molecule has 3 rings (SSSR count). The van der Waals surface area contributed by atoms with Crippen molar-refractivity contribution in [1.29, 1.82) is 0 Å². The highest BCUT2D eigenvalue weighted by Crippen LogP contribution is 2.25. The number of pyridine rings is 1. The lowest BCUT2D eigenvalue weighted by molar-refractivity contribution is 0.101. The maximum absolute atomic E-state index is 12.6. The highest BCUT2D eigenvalue weighted by Gasteiger charge is 2.21. The molecule has 2 heterocycles. The van der Waals surface area contributed by atoms with E-state index in [0.29, 0.717) is 23.7 Å². The predicted molar refractivity (Wildman–Crippen MR) is 96.2 cm³/mol. The average Bonchev–Trinajstić information content (AvgIpc) is 3.10. The average molecular weight is 344 g/mol. The summed E-state index contributed by atoms with van der Waals surface area (Å²) in [5.74, 6) is 2.97. The quantitative estimate of drug-likeness (QED) is 0.867. The van der Waals surface area contributed by atoms with Gasteiger partial charge in [-0.1, -0.05) is 0 Å². The summed E-state index contributed by atoms with van der Waals surface area (Å²) < 4.78 is 11.3. The van der Waals surface area contributed by atoms with Crippen molar-refractivity contribution in [3.05, 3.63) is 48.2 Å². The lowest BCUT2D eigenvalue weighted by Gasteiger charge is -2.14. The number of nitrogens with zero attached hydrogens (tertiary/aromatic N) is 1. The largest absolute Gasteiger partial charge is 0.494 e. The SMILES string of the molecule is CCOc1ccc(NC(=O)c2cccnc2OC2CCSC2)cc1. The molecule has 6 heteroatoms. The first kappa shape index (κ1) is 16.6. The fourth-order valence-corrected chi connectivity index (χ4v) is 3.51. The molecule has 24 heavy (non-hydrogen) atoms. The third-order valence-corrected chi connectivity index (χ3v) is 4.74. The Hall–Kier alpha value is -2.21. The van der Waals surface area contributed by atoms with E-state index in [2.05, 4.69) is 10.3 Å². The molecule has 1 unspecified atom stereocenters. The Labute approximate surface area is 145 Å². The summed E-state index contributed by atoms with van der Waals surface area (Å²) in [7, 11) is 0. The Morgan fingerprint density at radius 2 is 2.17 bits per heavy atom. The molecular formula is C18H20N2O3S. The first-order valence-corrected chi connectivity index (χ1v) is 9.15. The number of thioether (sulfide) groups is 1. The maximum Gasteiger partial charge on any atom is 0.261 e. The van der Waals surface area contributed by atoms with E-state index >= 15 is 0 Å². The summed E-state index contributed by atoms with van der Waals surface area (Å²) >= 11 is 1.86. The third-order valence-electron chi connectivity index (χ3n) is 3.61. The van der Waals surface area contributed by atoms with Crippen molar-refractivity contribution in [2.24, 2.45) is 0 Å². The van der Waals surface area contributed by atoms with E-state index in [9.17, 15) is 4.79 Å². The van der Waals surface area contributed by atoms with Gasteiger partial charge in [0.05, 0.1) is 6.61 Å². The molecule has 1 aliphatic rings. The lowest BCUT2D eigenvalue weighted by Crippen LogP contribution is -2.20. The Bertz CT molecular complexity index is 685. The Balaban J connectivity index is 1.70. The molecule has 0 radical (unpaired) electrons. The number of carbonyl (C=O) groups is 1. The highest BCUT2D eigenvalue weighted by atomic mass is 32.2. The molecule has 1 aliphatic heterocycles. The summed E-state index contributed by atoms with van der Waals surface area (Å²) in [4.78, 5) is 16.8. The second kappa shape index (κ2) is 8.06. The molecule has 1 aromatic heterocycles. The van der Waals surface area contributed by atoms with Gasteiger partial charge in [0.25, 0.3) is 5.91 Å². The molecule has 1 saturated heterocycles. The molecule has 1 atom stereocenters. The second-order valence-electron chi connectivity index (χ2n) is 5.37. The van der Waals surface area contributed by atoms with E-state index in [1.807, 2.05) is 43.0 Å². The van der Waals surface area contributed by atoms with E-state index in [-0.39, 0.29) is 12.0 Å². The third kappa shape index (κ3) is 4.20. The van der Waals surface area contributed by atoms with Crippen LogP contribution in [0.4, 0.5) is 5.69 Å². The van der Waals surface area contributed by atoms with Crippen molar-refractivity contribution in [1.82, 2.24) is 4.98 Å². The first-order valence-electron chi connectivity index (χ1n) is 8.00. The van der Waals surface area contributed by atoms with Gasteiger partial charge in [-0.25, -0.2) is 4.98 Å². The van der Waals surface area contributed by atoms with Gasteiger partial charge >= 0.3 is 0 Å². The predicted octanol–water partition coefficient (Wildman–Crippen LogP) is 3.62. The Kier molecular flexibility index (Phi) is 5.59. The number of ether oxygens (including phenoxy) is 2. The van der Waals surface area contributed by atoms with Crippen LogP contribution < -0.4 is 14.8 Å². The normalized spacial score (nSPS) is 16.6. The summed E-state index contributed by atoms with van der Waals surface area (Å²) in [5.41, 5.74) is 1.15. The van der Waals surface area contributed by atoms with Gasteiger partial charge in [-0.3, -0.25) is 4.79 Å². The van der Waals surface area contributed by atoms with Crippen molar-refractivity contribution >= 4 is 23.4 Å². The molecule has 126 valence electrons. The van der Waals surface area contributed by atoms with Gasteiger partial charge in [0.1, 0.15) is 17.4 Å². The Morgan fingerprint density at radius 1 is 1.33 bits per heavy atom. The number of benzene rings is 1. The van der Waals surface area contributed by atoms with Crippen molar-refractivity contribution in [3.63, 3.8) is 0 Å². The maximum atomic E-state index is 12.6. The van der Waals surface area contributed by atoms with Gasteiger partial charge in [-0.2, -0.15) is 11.8 Å². The number of rotatable bonds is 6. The number of carbonyl (C=O) groups excluding carboxylic acids is 1. The van der Waals surface area contributed by atoms with Crippen LogP contribution in [-0.4, -0.2) is 35.1 Å². The van der Waals surface area contributed by atoms with Crippen LogP contribution >= 0.6 is 11.8 Å². The van der Waals surface area contributed by atoms with Gasteiger partial charge in [-0.05, 0) is 55.5 Å². The van der Waals surface area contributed by atoms with Gasteiger partial charge in [0.2, 0.25) is 5.88 Å². The lowest BCUT2D eigenvalue weighted by atomic mass is 10.2. The first-order chi connectivity index (χ1) is 11.8. The monoisotopic (exact) mass is 344 g/mol. The number of nitrogens with one attached hydrogen (secondary N) is 1. The minimum Gasteiger partial charge on any atom is -0.494 e. The van der Waals surface area contributed by atoms with Crippen LogP contribution in [0.25, 0.3) is 0 Å². The standard InChI is InChI=1S/C18H20N2O3S/c1-2-22-14-7-5-13(6-8-14)20-17(21)16-4-3-10-19-18(16)23-15-9-11-24-12-15/h3-8,10,15H,2,9,11-12H2,1H3,(H,20,21). The number of hydrogen-bond donors (Lipinski definition) is 1. The number of hydrogen-bond acceptors (Lipinski definition) is 5. The molecule has 0 spiro atoms. The van der Waals surface area contributed by atoms with Gasteiger partial charge in [0, 0.05) is 17.6 Å². The zero-order chi connectivity index (χ0) is 16.8. The van der Waals surface area contributed by atoms with Gasteiger partial charge in [0.15, 0.2) is 0 Å². The topological polar surface area (TPSA) is 60.5 Å². The van der Waals surface area contributed by atoms with Crippen molar-refractivity contribution in [2.45, 2.75) is 19.4 Å². The van der Waals surface area contributed by atoms with Crippen molar-refractivity contribution in [2.75, 3.05) is 23.4 Å². The number of aromatic nitrogens is 1. The minimum atomic E-state index is -0.229. The highest BCUT2D eigenvalue weighted by molar-refractivity contribution is 7.99. The number of amides is 1. The molecule has 0 saturated carbocycles. The molecule has 1 aromatic carbocycles. The van der Waals surface area contributed by atoms with Crippen LogP contribution in [0.15, 0.2) is 42.6 Å². The minimum absolute atomic E-state index is 0.127. The van der Waals surface area contributed by atoms with Crippen LogP contribution in [0.3, 0.4) is 0 Å². The summed E-state index contributed by atoms with van der Waals surface area (Å²) in [5, 5.41) is 2.87. The molecule has 1 amide bonds. The molecular weight excluding hydrogens is 324 g/mol. The van der Waals surface area contributed by atoms with Crippen LogP contribution in [0.2, 0.25) is 0 Å². The summed E-state index contributed by atoms with van der Waals surface area (Å²) in [6.07, 6.45) is 2.76. The molecule has 1 N–H and O–H groups in total. The second-order valence-corrected chi connectivity index (χ2v) is 6.52. The zero-order valence-electron chi connectivity index (χ0n) is 13.5. The Morgan fingerprint density at radius 3 is 2.88 bits per heavy atom. The molecule has 2 aromatic rings. The molecule has 0 aliphatic carbocycles. The molecule has 5 nitrogen and oxygen atoms in total. The fraction of sp³-hybridized carbons (Fsp3) is 0.333. The fourth-order valence-electron chi connectivity index (χ4n) is 2.42. The van der Waals surface area contributed by atoms with Crippen molar-refractivity contribution in [3.8, 4) is 11.6 Å². The smallest absolute Gasteiger partial charge is 0.261 e. The summed E-state index contributed by atoms with van der Waals surface area (Å²) in [6, 6.07) is 10.8. The van der Waals surface area contributed by atoms with Gasteiger partial charge < -0.3 is 14.8 Å². The van der Waals surface area contributed by atoms with Crippen molar-refractivity contribution < 1.29 is 14.3 Å². The van der Waals surface area contributed by atoms with E-state index < -0.39 is 0 Å². The van der Waals surface area contributed by atoms with Crippen LogP contribution in [0.1, 0.15) is 23.7 Å². The van der Waals surface area contributed by atoms with E-state index in [0.717, 1.165) is 23.7 Å². The van der Waals surface area contributed by atoms with Crippen LogP contribution in [0.5, 0.6) is 11.6 Å². The van der Waals surface area contributed by atoms with E-state index in [1.54, 1.807) is 18.3 Å². The zero-order valence-corrected chi connectivity index (χ0v) is 14.3. The van der Waals surface area contributed by atoms with Gasteiger partial charge in [-0.15, -0.1) is 0 Å². The number of anilines is 1. The van der Waals surface area contributed by atoms with Crippen LogP contribution in [-0.2, 0) is 0 Å². The molecule has 1 fully saturated rings. The van der Waals surface area contributed by atoms with E-state index in [1.165, 1.54) is 0 Å². The molecule has 0 bridgehead atoms. The van der Waals surface area contributed by atoms with Crippen LogP contribution in [0, 0.1) is 0 Å². The van der Waals surface area contributed by atoms with E-state index in [4.69, 9.17) is 9.47 Å².